The van der Waals surface area contributed by atoms with Gasteiger partial charge in [-0.3, -0.25) is 14.1 Å². The molecular formula is C20H38BaO7S. The van der Waals surface area contributed by atoms with Crippen molar-refractivity contribution in [2.24, 2.45) is 11.8 Å². The first-order valence-corrected chi connectivity index (χ1v) is 12.0. The topological polar surface area (TPSA) is 107 Å². The van der Waals surface area contributed by atoms with Crippen LogP contribution in [-0.2, 0) is 29.2 Å². The van der Waals surface area contributed by atoms with E-state index in [4.69, 9.17) is 9.47 Å². The van der Waals surface area contributed by atoms with E-state index >= 15 is 0 Å². The van der Waals surface area contributed by atoms with Gasteiger partial charge in [-0.2, -0.15) is 8.42 Å². The van der Waals surface area contributed by atoms with Crippen molar-refractivity contribution in [1.82, 2.24) is 0 Å². The summed E-state index contributed by atoms with van der Waals surface area (Å²) in [6.45, 7) is 8.35. The first kappa shape index (κ1) is 31.6. The molecule has 0 heterocycles. The van der Waals surface area contributed by atoms with Crippen molar-refractivity contribution in [2.75, 3.05) is 13.2 Å². The summed E-state index contributed by atoms with van der Waals surface area (Å²) in [6, 6.07) is 0. The number of hydrogen-bond donors (Lipinski definition) is 1. The smallest absolute Gasteiger partial charge is 0.327 e. The van der Waals surface area contributed by atoms with Crippen LogP contribution in [0.25, 0.3) is 0 Å². The van der Waals surface area contributed by atoms with Crippen molar-refractivity contribution in [3.05, 3.63) is 0 Å². The second-order valence-corrected chi connectivity index (χ2v) is 8.95. The van der Waals surface area contributed by atoms with Crippen LogP contribution in [0.15, 0.2) is 0 Å². The number of esters is 2. The molecule has 168 valence electrons. The van der Waals surface area contributed by atoms with Gasteiger partial charge in [-0.25, -0.2) is 0 Å². The number of hydrogen-bond acceptors (Lipinski definition) is 6. The number of ether oxygens (including phenoxy) is 2. The second kappa shape index (κ2) is 18.0. The van der Waals surface area contributed by atoms with Crippen molar-refractivity contribution < 1.29 is 32.0 Å². The average Bonchev–Trinajstić information content (AvgIpc) is 2.65. The van der Waals surface area contributed by atoms with Gasteiger partial charge in [0.1, 0.15) is 0 Å². The molecule has 0 aliphatic heterocycles. The number of unbranched alkanes of at least 4 members (excludes halogenated alkanes) is 2. The van der Waals surface area contributed by atoms with E-state index in [0.29, 0.717) is 0 Å². The van der Waals surface area contributed by atoms with E-state index < -0.39 is 33.7 Å². The van der Waals surface area contributed by atoms with Crippen molar-refractivity contribution >= 4 is 70.9 Å². The molecule has 0 spiro atoms. The molecule has 9 heteroatoms. The SMILES string of the molecule is CCCCC(CC)COC(=O)CC(C(=O)OCC(CC)CCCC)S(=O)(=O)O.[Ba]. The van der Waals surface area contributed by atoms with E-state index in [9.17, 15) is 22.6 Å². The molecule has 0 aromatic rings. The summed E-state index contributed by atoms with van der Waals surface area (Å²) >= 11 is 0. The Hall–Kier alpha value is 0.421. The predicted octanol–water partition coefficient (Wildman–Crippen LogP) is 3.77. The fourth-order valence-corrected chi connectivity index (χ4v) is 3.48. The molecule has 0 saturated carbocycles. The summed E-state index contributed by atoms with van der Waals surface area (Å²) in [5.74, 6) is -1.61. The fourth-order valence-electron chi connectivity index (χ4n) is 2.82. The summed E-state index contributed by atoms with van der Waals surface area (Å²) in [5, 5.41) is -1.95. The third-order valence-electron chi connectivity index (χ3n) is 5.00. The molecule has 7 nitrogen and oxygen atoms in total. The third kappa shape index (κ3) is 15.0. The Labute approximate surface area is 216 Å². The molecule has 3 unspecified atom stereocenters. The van der Waals surface area contributed by atoms with Crippen LogP contribution >= 0.6 is 0 Å². The maximum atomic E-state index is 12.2. The molecule has 0 aliphatic rings. The summed E-state index contributed by atoms with van der Waals surface area (Å²) in [7, 11) is -4.76. The molecule has 0 rings (SSSR count). The van der Waals surface area contributed by atoms with Crippen LogP contribution < -0.4 is 0 Å². The van der Waals surface area contributed by atoms with Crippen LogP contribution in [-0.4, -0.2) is 92.3 Å². The van der Waals surface area contributed by atoms with Gasteiger partial charge in [-0.05, 0) is 24.7 Å². The van der Waals surface area contributed by atoms with Gasteiger partial charge in [0, 0.05) is 48.9 Å². The van der Waals surface area contributed by atoms with Crippen molar-refractivity contribution in [3.8, 4) is 0 Å². The predicted molar refractivity (Wildman–Crippen MR) is 114 cm³/mol. The van der Waals surface area contributed by atoms with E-state index in [1.54, 1.807) is 0 Å². The molecule has 0 bridgehead atoms. The minimum absolute atomic E-state index is 0. The summed E-state index contributed by atoms with van der Waals surface area (Å²) < 4.78 is 42.8. The quantitative estimate of drug-likeness (QED) is 0.174. The Morgan fingerprint density at radius 1 is 0.862 bits per heavy atom. The number of carbonyl (C=O) groups excluding carboxylic acids is 2. The molecule has 29 heavy (non-hydrogen) atoms. The van der Waals surface area contributed by atoms with Crippen LogP contribution in [0.1, 0.15) is 85.5 Å². The van der Waals surface area contributed by atoms with Gasteiger partial charge < -0.3 is 9.47 Å². The average molecular weight is 560 g/mol. The van der Waals surface area contributed by atoms with E-state index in [0.717, 1.165) is 51.4 Å². The van der Waals surface area contributed by atoms with E-state index in [-0.39, 0.29) is 73.9 Å². The van der Waals surface area contributed by atoms with Crippen LogP contribution in [0.5, 0.6) is 0 Å². The molecule has 3 atom stereocenters. The van der Waals surface area contributed by atoms with Gasteiger partial charge in [0.05, 0.1) is 19.6 Å². The first-order valence-electron chi connectivity index (χ1n) is 10.5. The van der Waals surface area contributed by atoms with Crippen molar-refractivity contribution in [1.29, 1.82) is 0 Å². The summed E-state index contributed by atoms with van der Waals surface area (Å²) in [4.78, 5) is 24.2. The zero-order chi connectivity index (χ0) is 21.6. The monoisotopic (exact) mass is 560 g/mol. The zero-order valence-electron chi connectivity index (χ0n) is 18.5. The van der Waals surface area contributed by atoms with Gasteiger partial charge in [-0.15, -0.1) is 0 Å². The van der Waals surface area contributed by atoms with Gasteiger partial charge >= 0.3 is 11.9 Å². The minimum Gasteiger partial charge on any atom is -0.465 e. The van der Waals surface area contributed by atoms with Crippen LogP contribution in [0.4, 0.5) is 0 Å². The van der Waals surface area contributed by atoms with Gasteiger partial charge in [0.25, 0.3) is 10.1 Å². The normalized spacial score (nSPS) is 14.4. The summed E-state index contributed by atoms with van der Waals surface area (Å²) in [5.41, 5.74) is 0. The minimum atomic E-state index is -4.76. The standard InChI is InChI=1S/C20H38O7S.Ba/c1-5-9-11-16(7-3)14-26-19(21)13-18(28(23,24)25)20(22)27-15-17(8-4)12-10-6-2;/h16-18H,5-15H2,1-4H3,(H,23,24,25);. The second-order valence-electron chi connectivity index (χ2n) is 7.35. The van der Waals surface area contributed by atoms with Gasteiger partial charge in [-0.1, -0.05) is 66.2 Å². The molecule has 1 N–H and O–H groups in total. The maximum absolute atomic E-state index is 12.2. The zero-order valence-corrected chi connectivity index (χ0v) is 23.8. The Morgan fingerprint density at radius 3 is 1.69 bits per heavy atom. The molecule has 0 aromatic heterocycles. The van der Waals surface area contributed by atoms with Crippen molar-refractivity contribution in [3.63, 3.8) is 0 Å². The van der Waals surface area contributed by atoms with E-state index in [1.807, 2.05) is 13.8 Å². The molecule has 0 amide bonds. The Kier molecular flexibility index (Phi) is 19.7. The van der Waals surface area contributed by atoms with Crippen LogP contribution in [0.2, 0.25) is 0 Å². The molecule has 0 saturated heterocycles. The third-order valence-corrected chi connectivity index (χ3v) is 6.08. The molecule has 0 aliphatic carbocycles. The van der Waals surface area contributed by atoms with E-state index in [2.05, 4.69) is 13.8 Å². The Balaban J connectivity index is 0. The maximum Gasteiger partial charge on any atom is 0.327 e. The van der Waals surface area contributed by atoms with Gasteiger partial charge in [0.2, 0.25) is 0 Å². The summed E-state index contributed by atoms with van der Waals surface area (Å²) in [6.07, 6.45) is 6.74. The number of rotatable bonds is 16. The molecule has 0 aromatic carbocycles. The van der Waals surface area contributed by atoms with Crippen LogP contribution in [0.3, 0.4) is 0 Å². The van der Waals surface area contributed by atoms with E-state index in [1.165, 1.54) is 0 Å². The van der Waals surface area contributed by atoms with Crippen LogP contribution in [0, 0.1) is 11.8 Å². The van der Waals surface area contributed by atoms with Gasteiger partial charge in [0.15, 0.2) is 5.25 Å². The fraction of sp³-hybridized carbons (Fsp3) is 0.900. The largest absolute Gasteiger partial charge is 0.465 e. The Morgan fingerprint density at radius 2 is 1.31 bits per heavy atom. The first-order chi connectivity index (χ1) is 13.2. The molecular weight excluding hydrogens is 522 g/mol. The number of carbonyl (C=O) groups is 2. The van der Waals surface area contributed by atoms with Crippen molar-refractivity contribution in [2.45, 2.75) is 90.7 Å². The Bertz CT molecular complexity index is 551. The molecule has 2 radical (unpaired) electrons. The molecule has 0 fully saturated rings.